The van der Waals surface area contributed by atoms with E-state index in [0.29, 0.717) is 6.54 Å². The van der Waals surface area contributed by atoms with Gasteiger partial charge in [0, 0.05) is 38.4 Å². The summed E-state index contributed by atoms with van der Waals surface area (Å²) in [6.07, 6.45) is 0. The van der Waals surface area contributed by atoms with Crippen molar-refractivity contribution in [2.75, 3.05) is 44.2 Å². The van der Waals surface area contributed by atoms with Crippen LogP contribution in [-0.2, 0) is 4.79 Å². The highest BCUT2D eigenvalue weighted by Gasteiger charge is 2.19. The van der Waals surface area contributed by atoms with Gasteiger partial charge in [-0.1, -0.05) is 0 Å². The molecule has 1 fully saturated rings. The van der Waals surface area contributed by atoms with Gasteiger partial charge in [-0.25, -0.2) is 4.79 Å². The molecule has 0 spiro atoms. The number of rotatable bonds is 4. The molecule has 0 aromatic heterocycles. The molecule has 0 aliphatic carbocycles. The van der Waals surface area contributed by atoms with Gasteiger partial charge in [0.1, 0.15) is 5.75 Å². The first-order valence-corrected chi connectivity index (χ1v) is 7.42. The Kier molecular flexibility index (Phi) is 5.60. The first-order chi connectivity index (χ1) is 10.6. The zero-order valence-electron chi connectivity index (χ0n) is 12.7. The lowest BCUT2D eigenvalue weighted by Gasteiger charge is -2.35. The number of urea groups is 1. The maximum Gasteiger partial charge on any atom is 0.321 e. The fraction of sp³-hybridized carbons (Fsp3) is 0.467. The topological polar surface area (TPSA) is 84.9 Å². The zero-order valence-corrected chi connectivity index (χ0v) is 12.7. The molecule has 1 saturated heterocycles. The van der Waals surface area contributed by atoms with E-state index in [4.69, 9.17) is 0 Å². The Morgan fingerprint density at radius 2 is 1.77 bits per heavy atom. The summed E-state index contributed by atoms with van der Waals surface area (Å²) in [6.45, 7) is 5.63. The van der Waals surface area contributed by atoms with Gasteiger partial charge in [0.2, 0.25) is 5.91 Å². The van der Waals surface area contributed by atoms with Crippen LogP contribution in [0.15, 0.2) is 24.3 Å². The van der Waals surface area contributed by atoms with Gasteiger partial charge in [0.25, 0.3) is 0 Å². The van der Waals surface area contributed by atoms with E-state index < -0.39 is 6.03 Å². The quantitative estimate of drug-likeness (QED) is 0.748. The lowest BCUT2D eigenvalue weighted by molar-refractivity contribution is -0.121. The Bertz CT molecular complexity index is 510. The van der Waals surface area contributed by atoms with Crippen LogP contribution in [0.25, 0.3) is 0 Å². The lowest BCUT2D eigenvalue weighted by atomic mass is 10.2. The number of nitrogens with one attached hydrogen (secondary N) is 2. The predicted octanol–water partition coefficient (Wildman–Crippen LogP) is 0.360. The van der Waals surface area contributed by atoms with Gasteiger partial charge < -0.3 is 15.3 Å². The third kappa shape index (κ3) is 4.63. The summed E-state index contributed by atoms with van der Waals surface area (Å²) in [4.78, 5) is 27.2. The van der Waals surface area contributed by atoms with Crippen molar-refractivity contribution in [2.45, 2.75) is 6.92 Å². The van der Waals surface area contributed by atoms with Gasteiger partial charge in [-0.15, -0.1) is 0 Å². The molecule has 22 heavy (non-hydrogen) atoms. The minimum absolute atomic E-state index is 0.223. The molecule has 0 radical (unpaired) electrons. The molecule has 7 heteroatoms. The molecule has 1 aromatic carbocycles. The number of nitrogens with zero attached hydrogens (tertiary/aromatic N) is 2. The molecule has 1 aromatic rings. The van der Waals surface area contributed by atoms with Crippen molar-refractivity contribution in [3.05, 3.63) is 24.3 Å². The Morgan fingerprint density at radius 3 is 2.36 bits per heavy atom. The Balaban J connectivity index is 1.76. The van der Waals surface area contributed by atoms with Crippen molar-refractivity contribution < 1.29 is 14.7 Å². The van der Waals surface area contributed by atoms with Crippen molar-refractivity contribution in [3.63, 3.8) is 0 Å². The van der Waals surface area contributed by atoms with Gasteiger partial charge in [0.15, 0.2) is 0 Å². The highest BCUT2D eigenvalue weighted by molar-refractivity contribution is 5.95. The van der Waals surface area contributed by atoms with Crippen molar-refractivity contribution in [1.29, 1.82) is 0 Å². The zero-order chi connectivity index (χ0) is 15.9. The number of amides is 3. The number of piperazine rings is 1. The molecule has 7 nitrogen and oxygen atoms in total. The standard InChI is InChI=1S/C15H22N4O3/c1-2-16-15(22)17-14(21)11-18-7-9-19(10-8-18)12-3-5-13(20)6-4-12/h3-6,20H,2,7-11H2,1H3,(H2,16,17,21,22). The molecule has 3 amide bonds. The van der Waals surface area contributed by atoms with Crippen molar-refractivity contribution in [2.24, 2.45) is 0 Å². The number of imide groups is 1. The van der Waals surface area contributed by atoms with Gasteiger partial charge >= 0.3 is 6.03 Å². The molecular formula is C15H22N4O3. The molecule has 1 aliphatic heterocycles. The number of carbonyl (C=O) groups is 2. The van der Waals surface area contributed by atoms with Crippen LogP contribution in [0.3, 0.4) is 0 Å². The number of benzene rings is 1. The summed E-state index contributed by atoms with van der Waals surface area (Å²) in [7, 11) is 0. The van der Waals surface area contributed by atoms with E-state index in [0.717, 1.165) is 31.9 Å². The van der Waals surface area contributed by atoms with Gasteiger partial charge in [-0.2, -0.15) is 0 Å². The third-order valence-corrected chi connectivity index (χ3v) is 3.54. The van der Waals surface area contributed by atoms with E-state index in [1.807, 2.05) is 17.0 Å². The average molecular weight is 306 g/mol. The Morgan fingerprint density at radius 1 is 1.14 bits per heavy atom. The van der Waals surface area contributed by atoms with E-state index in [1.54, 1.807) is 19.1 Å². The number of hydrogen-bond acceptors (Lipinski definition) is 5. The van der Waals surface area contributed by atoms with Crippen LogP contribution in [0.1, 0.15) is 6.92 Å². The van der Waals surface area contributed by atoms with E-state index in [2.05, 4.69) is 15.5 Å². The SMILES string of the molecule is CCNC(=O)NC(=O)CN1CCN(c2ccc(O)cc2)CC1. The summed E-state index contributed by atoms with van der Waals surface area (Å²) >= 11 is 0. The predicted molar refractivity (Wildman–Crippen MR) is 84.0 cm³/mol. The molecule has 1 aliphatic rings. The number of phenolic OH excluding ortho intramolecular Hbond substituents is 1. The minimum atomic E-state index is -0.449. The normalized spacial score (nSPS) is 15.4. The first kappa shape index (κ1) is 16.1. The van der Waals surface area contributed by atoms with Gasteiger partial charge in [-0.05, 0) is 31.2 Å². The number of aromatic hydroxyl groups is 1. The average Bonchev–Trinajstić information content (AvgIpc) is 2.49. The number of carbonyl (C=O) groups excluding carboxylic acids is 2. The molecule has 0 unspecified atom stereocenters. The molecule has 3 N–H and O–H groups in total. The minimum Gasteiger partial charge on any atom is -0.508 e. The molecule has 0 bridgehead atoms. The molecule has 0 atom stereocenters. The Hall–Kier alpha value is -2.28. The van der Waals surface area contributed by atoms with Crippen LogP contribution in [0.4, 0.5) is 10.5 Å². The second-order valence-electron chi connectivity index (χ2n) is 5.19. The summed E-state index contributed by atoms with van der Waals surface area (Å²) < 4.78 is 0. The number of phenols is 1. The van der Waals surface area contributed by atoms with Crippen LogP contribution in [0.5, 0.6) is 5.75 Å². The molecule has 120 valence electrons. The van der Waals surface area contributed by atoms with Crippen LogP contribution in [-0.4, -0.2) is 61.2 Å². The monoisotopic (exact) mass is 306 g/mol. The summed E-state index contributed by atoms with van der Waals surface area (Å²) in [5.74, 6) is -0.0338. The highest BCUT2D eigenvalue weighted by atomic mass is 16.3. The van der Waals surface area contributed by atoms with E-state index in [-0.39, 0.29) is 18.2 Å². The summed E-state index contributed by atoms with van der Waals surface area (Å²) in [6, 6.07) is 6.65. The highest BCUT2D eigenvalue weighted by Crippen LogP contribution is 2.19. The van der Waals surface area contributed by atoms with Crippen LogP contribution >= 0.6 is 0 Å². The second-order valence-corrected chi connectivity index (χ2v) is 5.19. The van der Waals surface area contributed by atoms with E-state index >= 15 is 0 Å². The fourth-order valence-corrected chi connectivity index (χ4v) is 2.40. The van der Waals surface area contributed by atoms with Crippen molar-refractivity contribution in [3.8, 4) is 5.75 Å². The number of hydrogen-bond donors (Lipinski definition) is 3. The van der Waals surface area contributed by atoms with Crippen molar-refractivity contribution in [1.82, 2.24) is 15.5 Å². The van der Waals surface area contributed by atoms with Crippen LogP contribution in [0.2, 0.25) is 0 Å². The van der Waals surface area contributed by atoms with E-state index in [1.165, 1.54) is 0 Å². The number of anilines is 1. The largest absolute Gasteiger partial charge is 0.508 e. The molecule has 1 heterocycles. The molecule has 0 saturated carbocycles. The third-order valence-electron chi connectivity index (χ3n) is 3.54. The van der Waals surface area contributed by atoms with Crippen LogP contribution < -0.4 is 15.5 Å². The second kappa shape index (κ2) is 7.65. The van der Waals surface area contributed by atoms with Gasteiger partial charge in [-0.3, -0.25) is 15.0 Å². The smallest absolute Gasteiger partial charge is 0.321 e. The Labute approximate surface area is 129 Å². The molecule has 2 rings (SSSR count). The fourth-order valence-electron chi connectivity index (χ4n) is 2.40. The van der Waals surface area contributed by atoms with Crippen molar-refractivity contribution >= 4 is 17.6 Å². The van der Waals surface area contributed by atoms with E-state index in [9.17, 15) is 14.7 Å². The molecular weight excluding hydrogens is 284 g/mol. The first-order valence-electron chi connectivity index (χ1n) is 7.42. The maximum absolute atomic E-state index is 11.7. The summed E-state index contributed by atoms with van der Waals surface area (Å²) in [5, 5.41) is 14.1. The van der Waals surface area contributed by atoms with Gasteiger partial charge in [0.05, 0.1) is 6.54 Å². The maximum atomic E-state index is 11.7. The lowest BCUT2D eigenvalue weighted by Crippen LogP contribution is -2.51. The van der Waals surface area contributed by atoms with Crippen LogP contribution in [0, 0.1) is 0 Å². The summed E-state index contributed by atoms with van der Waals surface area (Å²) in [5.41, 5.74) is 1.06.